The Morgan fingerprint density at radius 3 is 2.70 bits per heavy atom. The van der Waals surface area contributed by atoms with Gasteiger partial charge in [-0.05, 0) is 51.8 Å². The topological polar surface area (TPSA) is 38.3 Å². The Hall–Kier alpha value is -1.66. The number of halogens is 1. The molecule has 4 heteroatoms. The molecule has 20 heavy (non-hydrogen) atoms. The van der Waals surface area contributed by atoms with E-state index in [0.29, 0.717) is 16.6 Å². The summed E-state index contributed by atoms with van der Waals surface area (Å²) in [7, 11) is 0. The van der Waals surface area contributed by atoms with Crippen molar-refractivity contribution < 1.29 is 9.53 Å². The van der Waals surface area contributed by atoms with Crippen molar-refractivity contribution >= 4 is 23.4 Å². The van der Waals surface area contributed by atoms with Gasteiger partial charge in [-0.2, -0.15) is 0 Å². The Morgan fingerprint density at radius 2 is 2.10 bits per heavy atom. The summed E-state index contributed by atoms with van der Waals surface area (Å²) in [4.78, 5) is 11.7. The predicted octanol–water partition coefficient (Wildman–Crippen LogP) is 4.45. The fourth-order valence-corrected chi connectivity index (χ4v) is 1.69. The Morgan fingerprint density at radius 1 is 1.40 bits per heavy atom. The highest BCUT2D eigenvalue weighted by molar-refractivity contribution is 6.33. The van der Waals surface area contributed by atoms with Gasteiger partial charge >= 0.3 is 6.09 Å². The molecule has 0 radical (unpaired) electrons. The fraction of sp³-hybridized carbons (Fsp3) is 0.438. The molecule has 0 heterocycles. The first kappa shape index (κ1) is 14.7. The zero-order valence-corrected chi connectivity index (χ0v) is 12.7. The van der Waals surface area contributed by atoms with Gasteiger partial charge in [0.05, 0.1) is 10.7 Å². The SMILES string of the molecule is CC(C)(C)OC(=O)Nc1cc(C#CC2CC2)ccc1Cl. The van der Waals surface area contributed by atoms with Crippen LogP contribution < -0.4 is 5.32 Å². The van der Waals surface area contributed by atoms with E-state index in [1.54, 1.807) is 12.1 Å². The second-order valence-electron chi connectivity index (χ2n) is 5.87. The molecule has 1 amide bonds. The number of hydrogen-bond donors (Lipinski definition) is 1. The first-order valence-corrected chi connectivity index (χ1v) is 7.02. The van der Waals surface area contributed by atoms with Crippen LogP contribution >= 0.6 is 11.6 Å². The van der Waals surface area contributed by atoms with Crippen LogP contribution in [0.15, 0.2) is 18.2 Å². The van der Waals surface area contributed by atoms with Crippen molar-refractivity contribution in [2.75, 3.05) is 5.32 Å². The third kappa shape index (κ3) is 4.79. The van der Waals surface area contributed by atoms with Gasteiger partial charge in [-0.3, -0.25) is 5.32 Å². The number of hydrogen-bond acceptors (Lipinski definition) is 2. The lowest BCUT2D eigenvalue weighted by Gasteiger charge is -2.20. The van der Waals surface area contributed by atoms with Gasteiger partial charge in [0.1, 0.15) is 5.60 Å². The third-order valence-corrected chi connectivity index (χ3v) is 2.93. The van der Waals surface area contributed by atoms with Gasteiger partial charge in [0.2, 0.25) is 0 Å². The average Bonchev–Trinajstić information content (AvgIpc) is 3.11. The lowest BCUT2D eigenvalue weighted by Crippen LogP contribution is -2.27. The molecule has 0 bridgehead atoms. The molecule has 1 aromatic rings. The quantitative estimate of drug-likeness (QED) is 0.776. The zero-order valence-electron chi connectivity index (χ0n) is 11.9. The van der Waals surface area contributed by atoms with Gasteiger partial charge in [0, 0.05) is 11.5 Å². The lowest BCUT2D eigenvalue weighted by molar-refractivity contribution is 0.0636. The number of anilines is 1. The van der Waals surface area contributed by atoms with Gasteiger partial charge in [0.15, 0.2) is 0 Å². The Kier molecular flexibility index (Phi) is 4.25. The molecule has 0 spiro atoms. The number of ether oxygens (including phenoxy) is 1. The summed E-state index contributed by atoms with van der Waals surface area (Å²) < 4.78 is 5.20. The zero-order chi connectivity index (χ0) is 14.8. The van der Waals surface area contributed by atoms with Crippen molar-refractivity contribution in [3.8, 4) is 11.8 Å². The maximum absolute atomic E-state index is 11.7. The minimum absolute atomic E-state index is 0.466. The van der Waals surface area contributed by atoms with Crippen LogP contribution in [0, 0.1) is 17.8 Å². The number of nitrogens with one attached hydrogen (secondary N) is 1. The van der Waals surface area contributed by atoms with Crippen LogP contribution in [-0.2, 0) is 4.74 Å². The second-order valence-corrected chi connectivity index (χ2v) is 6.27. The van der Waals surface area contributed by atoms with E-state index in [1.807, 2.05) is 26.8 Å². The highest BCUT2D eigenvalue weighted by atomic mass is 35.5. The van der Waals surface area contributed by atoms with E-state index in [2.05, 4.69) is 17.2 Å². The highest BCUT2D eigenvalue weighted by Gasteiger charge is 2.18. The standard InChI is InChI=1S/C16H18ClNO2/c1-16(2,3)20-15(19)18-14-10-12(8-9-13(14)17)7-6-11-4-5-11/h8-11H,4-5H2,1-3H3,(H,18,19). The number of carbonyl (C=O) groups is 1. The van der Waals surface area contributed by atoms with Crippen LogP contribution in [0.1, 0.15) is 39.2 Å². The van der Waals surface area contributed by atoms with Crippen molar-refractivity contribution in [2.24, 2.45) is 5.92 Å². The van der Waals surface area contributed by atoms with Crippen molar-refractivity contribution in [2.45, 2.75) is 39.2 Å². The molecule has 0 unspecified atom stereocenters. The number of carbonyl (C=O) groups excluding carboxylic acids is 1. The molecule has 1 aliphatic carbocycles. The summed E-state index contributed by atoms with van der Waals surface area (Å²) in [5.41, 5.74) is 0.816. The molecule has 1 fully saturated rings. The minimum Gasteiger partial charge on any atom is -0.444 e. The molecule has 0 aromatic heterocycles. The summed E-state index contributed by atoms with van der Waals surface area (Å²) in [6, 6.07) is 5.34. The van der Waals surface area contributed by atoms with Crippen LogP contribution in [0.5, 0.6) is 0 Å². The number of rotatable bonds is 1. The summed E-state index contributed by atoms with van der Waals surface area (Å²) in [5, 5.41) is 3.12. The molecule has 1 N–H and O–H groups in total. The van der Waals surface area contributed by atoms with Crippen molar-refractivity contribution in [3.63, 3.8) is 0 Å². The van der Waals surface area contributed by atoms with E-state index < -0.39 is 11.7 Å². The Balaban J connectivity index is 2.08. The average molecular weight is 292 g/mol. The molecule has 0 aliphatic heterocycles. The molecule has 1 aliphatic rings. The second kappa shape index (κ2) is 5.76. The molecular weight excluding hydrogens is 274 g/mol. The van der Waals surface area contributed by atoms with Crippen LogP contribution in [-0.4, -0.2) is 11.7 Å². The molecule has 106 valence electrons. The van der Waals surface area contributed by atoms with Crippen molar-refractivity contribution in [1.82, 2.24) is 0 Å². The van der Waals surface area contributed by atoms with E-state index in [0.717, 1.165) is 5.56 Å². The molecule has 3 nitrogen and oxygen atoms in total. The van der Waals surface area contributed by atoms with Gasteiger partial charge < -0.3 is 4.74 Å². The van der Waals surface area contributed by atoms with E-state index in [9.17, 15) is 4.79 Å². The highest BCUT2D eigenvalue weighted by Crippen LogP contribution is 2.28. The summed E-state index contributed by atoms with van der Waals surface area (Å²) in [6.45, 7) is 5.43. The van der Waals surface area contributed by atoms with Crippen molar-refractivity contribution in [3.05, 3.63) is 28.8 Å². The molecular formula is C16H18ClNO2. The van der Waals surface area contributed by atoms with Crippen LogP contribution in [0.25, 0.3) is 0 Å². The molecule has 0 atom stereocenters. The maximum atomic E-state index is 11.7. The summed E-state index contributed by atoms with van der Waals surface area (Å²) in [5.74, 6) is 6.80. The lowest BCUT2D eigenvalue weighted by atomic mass is 10.2. The molecule has 2 rings (SSSR count). The normalized spacial score (nSPS) is 14.2. The fourth-order valence-electron chi connectivity index (χ4n) is 1.53. The predicted molar refractivity (Wildman–Crippen MR) is 80.9 cm³/mol. The van der Waals surface area contributed by atoms with Gasteiger partial charge in [0.25, 0.3) is 0 Å². The first-order valence-electron chi connectivity index (χ1n) is 6.64. The number of amides is 1. The van der Waals surface area contributed by atoms with Crippen LogP contribution in [0.2, 0.25) is 5.02 Å². The Bertz CT molecular complexity index is 574. The third-order valence-electron chi connectivity index (χ3n) is 2.60. The molecule has 1 saturated carbocycles. The summed E-state index contributed by atoms with van der Waals surface area (Å²) >= 11 is 6.07. The van der Waals surface area contributed by atoms with Crippen LogP contribution in [0.4, 0.5) is 10.5 Å². The van der Waals surface area contributed by atoms with Crippen molar-refractivity contribution in [1.29, 1.82) is 0 Å². The first-order chi connectivity index (χ1) is 9.33. The minimum atomic E-state index is -0.542. The van der Waals surface area contributed by atoms with E-state index in [1.165, 1.54) is 12.8 Å². The van der Waals surface area contributed by atoms with E-state index >= 15 is 0 Å². The van der Waals surface area contributed by atoms with Gasteiger partial charge in [-0.15, -0.1) is 0 Å². The van der Waals surface area contributed by atoms with E-state index in [4.69, 9.17) is 16.3 Å². The maximum Gasteiger partial charge on any atom is 0.412 e. The largest absolute Gasteiger partial charge is 0.444 e. The smallest absolute Gasteiger partial charge is 0.412 e. The monoisotopic (exact) mass is 291 g/mol. The van der Waals surface area contributed by atoms with Gasteiger partial charge in [-0.1, -0.05) is 23.4 Å². The van der Waals surface area contributed by atoms with Crippen LogP contribution in [0.3, 0.4) is 0 Å². The number of benzene rings is 1. The molecule has 0 saturated heterocycles. The summed E-state index contributed by atoms with van der Waals surface area (Å²) in [6.07, 6.45) is 1.85. The van der Waals surface area contributed by atoms with E-state index in [-0.39, 0.29) is 0 Å². The van der Waals surface area contributed by atoms with Gasteiger partial charge in [-0.25, -0.2) is 4.79 Å². The molecule has 1 aromatic carbocycles. The Labute approximate surface area is 124 Å².